The molecule has 0 aromatic carbocycles. The van der Waals surface area contributed by atoms with E-state index in [1.54, 1.807) is 0 Å². The average Bonchev–Trinajstić information content (AvgIpc) is 3.09. The van der Waals surface area contributed by atoms with Gasteiger partial charge in [-0.3, -0.25) is 4.79 Å². The van der Waals surface area contributed by atoms with Crippen LogP contribution >= 0.6 is 0 Å². The zero-order chi connectivity index (χ0) is 35.3. The van der Waals surface area contributed by atoms with Gasteiger partial charge < -0.3 is 25.7 Å². The highest BCUT2D eigenvalue weighted by atomic mass is 16.3. The van der Waals surface area contributed by atoms with Crippen molar-refractivity contribution in [1.82, 2.24) is 5.32 Å². The highest BCUT2D eigenvalue weighted by Crippen LogP contribution is 2.14. The van der Waals surface area contributed by atoms with Crippen molar-refractivity contribution in [1.29, 1.82) is 0 Å². The molecule has 4 atom stereocenters. The van der Waals surface area contributed by atoms with Crippen molar-refractivity contribution in [3.8, 4) is 0 Å². The quantitative estimate of drug-likeness (QED) is 0.0335. The summed E-state index contributed by atoms with van der Waals surface area (Å²) in [6.45, 7) is 4.00. The van der Waals surface area contributed by atoms with Crippen molar-refractivity contribution in [3.63, 3.8) is 0 Å². The summed E-state index contributed by atoms with van der Waals surface area (Å²) >= 11 is 0. The van der Waals surface area contributed by atoms with E-state index in [2.05, 4.69) is 55.6 Å². The molecule has 6 heteroatoms. The standard InChI is InChI=1S/C42H79NO5/c1-3-5-7-9-11-13-15-17-19-20-21-22-24-26-28-30-32-34-36-40(46)42(48)43-38(37-44)41(47)39(45)35-33-31-29-27-25-23-18-16-14-12-10-8-6-4-2/h16,18,20-21,27,29,38-41,44-47H,3-15,17,19,22-26,28,30-37H2,1-2H3,(H,43,48)/b18-16+,21-20-,29-27+. The molecule has 0 aromatic rings. The van der Waals surface area contributed by atoms with Crippen LogP contribution in [-0.2, 0) is 4.79 Å². The lowest BCUT2D eigenvalue weighted by atomic mass is 10.00. The molecule has 4 unspecified atom stereocenters. The average molecular weight is 678 g/mol. The Bertz CT molecular complexity index is 767. The van der Waals surface area contributed by atoms with Gasteiger partial charge in [-0.15, -0.1) is 0 Å². The van der Waals surface area contributed by atoms with Crippen LogP contribution in [0.15, 0.2) is 36.5 Å². The van der Waals surface area contributed by atoms with E-state index >= 15 is 0 Å². The maximum Gasteiger partial charge on any atom is 0.249 e. The predicted molar refractivity (Wildman–Crippen MR) is 205 cm³/mol. The number of hydrogen-bond donors (Lipinski definition) is 5. The van der Waals surface area contributed by atoms with Crippen LogP contribution in [0, 0.1) is 0 Å². The van der Waals surface area contributed by atoms with Crippen LogP contribution < -0.4 is 5.32 Å². The number of amides is 1. The van der Waals surface area contributed by atoms with Crippen LogP contribution in [0.1, 0.15) is 194 Å². The second kappa shape index (κ2) is 36.8. The lowest BCUT2D eigenvalue weighted by Gasteiger charge is -2.27. The van der Waals surface area contributed by atoms with E-state index in [-0.39, 0.29) is 0 Å². The van der Waals surface area contributed by atoms with Crippen LogP contribution in [0.2, 0.25) is 0 Å². The number of carbonyl (C=O) groups is 1. The largest absolute Gasteiger partial charge is 0.394 e. The van der Waals surface area contributed by atoms with Gasteiger partial charge in [0, 0.05) is 0 Å². The Morgan fingerprint density at radius 1 is 0.500 bits per heavy atom. The number of unbranched alkanes of at least 4 members (excludes halogenated alkanes) is 21. The first-order valence-corrected chi connectivity index (χ1v) is 20.4. The molecular weight excluding hydrogens is 598 g/mol. The smallest absolute Gasteiger partial charge is 0.249 e. The molecule has 0 aliphatic carbocycles. The second-order valence-electron chi connectivity index (χ2n) is 14.0. The van der Waals surface area contributed by atoms with E-state index < -0.39 is 36.9 Å². The van der Waals surface area contributed by atoms with E-state index in [0.29, 0.717) is 19.3 Å². The normalized spacial score (nSPS) is 14.7. The minimum atomic E-state index is -1.29. The monoisotopic (exact) mass is 678 g/mol. The minimum absolute atomic E-state index is 0.352. The summed E-state index contributed by atoms with van der Waals surface area (Å²) in [5, 5.41) is 43.5. The Morgan fingerprint density at radius 3 is 1.31 bits per heavy atom. The fraction of sp³-hybridized carbons (Fsp3) is 0.833. The summed E-state index contributed by atoms with van der Waals surface area (Å²) in [4.78, 5) is 12.5. The van der Waals surface area contributed by atoms with Gasteiger partial charge in [-0.2, -0.15) is 0 Å². The molecule has 0 saturated carbocycles. The molecule has 282 valence electrons. The molecule has 6 nitrogen and oxygen atoms in total. The molecule has 0 bridgehead atoms. The fourth-order valence-electron chi connectivity index (χ4n) is 6.00. The second-order valence-corrected chi connectivity index (χ2v) is 14.0. The Labute approximate surface area is 297 Å². The number of nitrogens with one attached hydrogen (secondary N) is 1. The van der Waals surface area contributed by atoms with Crippen LogP contribution in [0.3, 0.4) is 0 Å². The Morgan fingerprint density at radius 2 is 0.875 bits per heavy atom. The van der Waals surface area contributed by atoms with Crippen molar-refractivity contribution in [2.45, 2.75) is 218 Å². The number of aliphatic hydroxyl groups is 4. The van der Waals surface area contributed by atoms with E-state index in [4.69, 9.17) is 0 Å². The van der Waals surface area contributed by atoms with E-state index in [1.165, 1.54) is 109 Å². The summed E-state index contributed by atoms with van der Waals surface area (Å²) in [5.74, 6) is -0.604. The maximum absolute atomic E-state index is 12.5. The molecule has 0 radical (unpaired) electrons. The molecule has 0 heterocycles. The van der Waals surface area contributed by atoms with Crippen molar-refractivity contribution in [2.75, 3.05) is 6.61 Å². The number of allylic oxidation sites excluding steroid dienone is 6. The van der Waals surface area contributed by atoms with Gasteiger partial charge in [-0.05, 0) is 77.0 Å². The summed E-state index contributed by atoms with van der Waals surface area (Å²) in [6, 6.07) is -1.01. The van der Waals surface area contributed by atoms with Crippen molar-refractivity contribution < 1.29 is 25.2 Å². The Kier molecular flexibility index (Phi) is 35.7. The molecular formula is C42H79NO5. The lowest BCUT2D eigenvalue weighted by molar-refractivity contribution is -0.132. The van der Waals surface area contributed by atoms with Gasteiger partial charge in [0.15, 0.2) is 0 Å². The summed E-state index contributed by atoms with van der Waals surface area (Å²) < 4.78 is 0. The topological polar surface area (TPSA) is 110 Å². The third kappa shape index (κ3) is 30.6. The van der Waals surface area contributed by atoms with Crippen LogP contribution in [-0.4, -0.2) is 57.3 Å². The van der Waals surface area contributed by atoms with Gasteiger partial charge in [0.25, 0.3) is 0 Å². The molecule has 48 heavy (non-hydrogen) atoms. The Balaban J connectivity index is 3.85. The highest BCUT2D eigenvalue weighted by Gasteiger charge is 2.28. The third-order valence-corrected chi connectivity index (χ3v) is 9.30. The fourth-order valence-corrected chi connectivity index (χ4v) is 6.00. The SMILES string of the molecule is CCCCCCC/C=C/CC/C=C/CCCC(O)C(O)C(CO)NC(=O)C(O)CCCCCCCC/C=C\CCCCCCCCCC. The first-order valence-electron chi connectivity index (χ1n) is 20.4. The molecule has 0 aromatic heterocycles. The molecule has 5 N–H and O–H groups in total. The van der Waals surface area contributed by atoms with Crippen molar-refractivity contribution >= 4 is 5.91 Å². The summed E-state index contributed by atoms with van der Waals surface area (Å²) in [7, 11) is 0. The molecule has 0 rings (SSSR count). The van der Waals surface area contributed by atoms with E-state index in [9.17, 15) is 25.2 Å². The highest BCUT2D eigenvalue weighted by molar-refractivity contribution is 5.80. The van der Waals surface area contributed by atoms with Gasteiger partial charge in [0.2, 0.25) is 5.91 Å². The van der Waals surface area contributed by atoms with Gasteiger partial charge in [-0.1, -0.05) is 153 Å². The number of carbonyl (C=O) groups excluding carboxylic acids is 1. The zero-order valence-electron chi connectivity index (χ0n) is 31.5. The van der Waals surface area contributed by atoms with Crippen LogP contribution in [0.4, 0.5) is 0 Å². The first-order chi connectivity index (χ1) is 23.5. The van der Waals surface area contributed by atoms with Gasteiger partial charge in [0.1, 0.15) is 12.2 Å². The number of aliphatic hydroxyl groups excluding tert-OH is 4. The van der Waals surface area contributed by atoms with Gasteiger partial charge >= 0.3 is 0 Å². The van der Waals surface area contributed by atoms with Gasteiger partial charge in [0.05, 0.1) is 18.8 Å². The van der Waals surface area contributed by atoms with Crippen molar-refractivity contribution in [3.05, 3.63) is 36.5 Å². The molecule has 0 saturated heterocycles. The Hall–Kier alpha value is -1.47. The van der Waals surface area contributed by atoms with Crippen molar-refractivity contribution in [2.24, 2.45) is 0 Å². The van der Waals surface area contributed by atoms with E-state index in [1.807, 2.05) is 0 Å². The molecule has 0 aliphatic heterocycles. The van der Waals surface area contributed by atoms with Crippen LogP contribution in [0.5, 0.6) is 0 Å². The predicted octanol–water partition coefficient (Wildman–Crippen LogP) is 10.2. The molecule has 1 amide bonds. The van der Waals surface area contributed by atoms with Crippen LogP contribution in [0.25, 0.3) is 0 Å². The molecule has 0 fully saturated rings. The molecule has 0 aliphatic rings. The first kappa shape index (κ1) is 46.5. The number of hydrogen-bond acceptors (Lipinski definition) is 5. The third-order valence-electron chi connectivity index (χ3n) is 9.30. The van der Waals surface area contributed by atoms with E-state index in [0.717, 1.165) is 51.4 Å². The lowest BCUT2D eigenvalue weighted by Crippen LogP contribution is -2.53. The number of rotatable bonds is 36. The zero-order valence-corrected chi connectivity index (χ0v) is 31.5. The van der Waals surface area contributed by atoms with Gasteiger partial charge in [-0.25, -0.2) is 0 Å². The minimum Gasteiger partial charge on any atom is -0.394 e. The maximum atomic E-state index is 12.5. The summed E-state index contributed by atoms with van der Waals surface area (Å²) in [5.41, 5.74) is 0. The summed E-state index contributed by atoms with van der Waals surface area (Å²) in [6.07, 6.45) is 41.7. The molecule has 0 spiro atoms.